The number of ether oxygens (including phenoxy) is 1. The average Bonchev–Trinajstić information content (AvgIpc) is 2.70. The standard InChI is InChI=1S/C22H27ClFN3O2/c1-15-12-27(16(2)11-26(15)13-17-4-7-19(24)8-5-17)22(28)14-29-21-9-6-18(23)10-20(21)25-3/h4-10,15-16,25H,11-14H2,1-3H3/t15-,16?/m0/s1. The van der Waals surface area contributed by atoms with Crippen LogP contribution in [0.15, 0.2) is 42.5 Å². The average molecular weight is 420 g/mol. The molecule has 3 rings (SSSR count). The Morgan fingerprint density at radius 3 is 2.59 bits per heavy atom. The van der Waals surface area contributed by atoms with E-state index in [0.717, 1.165) is 24.3 Å². The number of amides is 1. The largest absolute Gasteiger partial charge is 0.482 e. The molecule has 1 heterocycles. The summed E-state index contributed by atoms with van der Waals surface area (Å²) in [5.74, 6) is 0.330. The number of piperazine rings is 1. The predicted octanol–water partition coefficient (Wildman–Crippen LogP) is 4.02. The van der Waals surface area contributed by atoms with Crippen LogP contribution in [0.4, 0.5) is 10.1 Å². The van der Waals surface area contributed by atoms with Gasteiger partial charge in [-0.05, 0) is 49.7 Å². The molecule has 0 spiro atoms. The molecule has 1 N–H and O–H groups in total. The summed E-state index contributed by atoms with van der Waals surface area (Å²) in [7, 11) is 1.78. The van der Waals surface area contributed by atoms with Crippen LogP contribution in [0.5, 0.6) is 5.75 Å². The minimum absolute atomic E-state index is 0.0225. The molecule has 2 atom stereocenters. The van der Waals surface area contributed by atoms with Crippen LogP contribution in [0.25, 0.3) is 0 Å². The van der Waals surface area contributed by atoms with E-state index in [9.17, 15) is 9.18 Å². The molecule has 0 radical (unpaired) electrons. The molecule has 1 aliphatic heterocycles. The second-order valence-electron chi connectivity index (χ2n) is 7.48. The van der Waals surface area contributed by atoms with Crippen molar-refractivity contribution in [2.45, 2.75) is 32.5 Å². The smallest absolute Gasteiger partial charge is 0.260 e. The number of nitrogens with zero attached hydrogens (tertiary/aromatic N) is 2. The van der Waals surface area contributed by atoms with Crippen LogP contribution >= 0.6 is 11.6 Å². The van der Waals surface area contributed by atoms with Gasteiger partial charge in [-0.15, -0.1) is 0 Å². The number of halogens is 2. The third kappa shape index (κ3) is 5.40. The highest BCUT2D eigenvalue weighted by atomic mass is 35.5. The second-order valence-corrected chi connectivity index (χ2v) is 7.92. The third-order valence-electron chi connectivity index (χ3n) is 5.30. The monoisotopic (exact) mass is 419 g/mol. The van der Waals surface area contributed by atoms with Crippen molar-refractivity contribution >= 4 is 23.2 Å². The Labute approximate surface area is 176 Å². The first-order chi connectivity index (χ1) is 13.9. The lowest BCUT2D eigenvalue weighted by molar-refractivity contribution is -0.139. The van der Waals surface area contributed by atoms with Gasteiger partial charge in [0.15, 0.2) is 6.61 Å². The van der Waals surface area contributed by atoms with Crippen molar-refractivity contribution in [3.63, 3.8) is 0 Å². The van der Waals surface area contributed by atoms with E-state index in [2.05, 4.69) is 17.1 Å². The van der Waals surface area contributed by atoms with Gasteiger partial charge in [0.05, 0.1) is 5.69 Å². The predicted molar refractivity (Wildman–Crippen MR) is 114 cm³/mol. The number of carbonyl (C=O) groups excluding carboxylic acids is 1. The van der Waals surface area contributed by atoms with Gasteiger partial charge in [-0.1, -0.05) is 23.7 Å². The van der Waals surface area contributed by atoms with Crippen LogP contribution in [-0.4, -0.2) is 54.5 Å². The molecule has 1 aliphatic rings. The number of carbonyl (C=O) groups is 1. The fourth-order valence-corrected chi connectivity index (χ4v) is 3.81. The number of anilines is 1. The van der Waals surface area contributed by atoms with E-state index in [1.54, 1.807) is 25.2 Å². The molecule has 2 aromatic carbocycles. The number of hydrogen-bond acceptors (Lipinski definition) is 4. The quantitative estimate of drug-likeness (QED) is 0.768. The molecule has 156 valence electrons. The maximum Gasteiger partial charge on any atom is 0.260 e. The molecule has 0 aromatic heterocycles. The minimum Gasteiger partial charge on any atom is -0.482 e. The molecule has 0 bridgehead atoms. The maximum atomic E-state index is 13.1. The van der Waals surface area contributed by atoms with E-state index >= 15 is 0 Å². The molecule has 5 nitrogen and oxygen atoms in total. The van der Waals surface area contributed by atoms with E-state index in [1.807, 2.05) is 24.0 Å². The Hall–Kier alpha value is -2.31. The zero-order chi connectivity index (χ0) is 21.0. The molecule has 1 unspecified atom stereocenters. The SMILES string of the molecule is CNc1cc(Cl)ccc1OCC(=O)N1C[C@H](C)N(Cc2ccc(F)cc2)CC1C. The zero-order valence-corrected chi connectivity index (χ0v) is 17.7. The summed E-state index contributed by atoms with van der Waals surface area (Å²) in [6.45, 7) is 6.25. The van der Waals surface area contributed by atoms with E-state index in [1.165, 1.54) is 12.1 Å². The van der Waals surface area contributed by atoms with Crippen molar-refractivity contribution in [2.75, 3.05) is 32.1 Å². The molecule has 7 heteroatoms. The van der Waals surface area contributed by atoms with Crippen molar-refractivity contribution < 1.29 is 13.9 Å². The van der Waals surface area contributed by atoms with Crippen LogP contribution in [-0.2, 0) is 11.3 Å². The second kappa shape index (κ2) is 9.46. The fraction of sp³-hybridized carbons (Fsp3) is 0.409. The summed E-state index contributed by atoms with van der Waals surface area (Å²) in [5, 5.41) is 3.63. The topological polar surface area (TPSA) is 44.8 Å². The maximum absolute atomic E-state index is 13.1. The van der Waals surface area contributed by atoms with Crippen LogP contribution in [0.1, 0.15) is 19.4 Å². The Morgan fingerprint density at radius 2 is 1.90 bits per heavy atom. The Kier molecular flexibility index (Phi) is 6.98. The van der Waals surface area contributed by atoms with Gasteiger partial charge in [-0.3, -0.25) is 9.69 Å². The first-order valence-electron chi connectivity index (χ1n) is 9.75. The molecular weight excluding hydrogens is 393 g/mol. The highest BCUT2D eigenvalue weighted by Gasteiger charge is 2.32. The Bertz CT molecular complexity index is 846. The first-order valence-corrected chi connectivity index (χ1v) is 10.1. The van der Waals surface area contributed by atoms with E-state index in [-0.39, 0.29) is 30.4 Å². The Morgan fingerprint density at radius 1 is 1.17 bits per heavy atom. The first kappa shape index (κ1) is 21.4. The summed E-state index contributed by atoms with van der Waals surface area (Å²) in [4.78, 5) is 17.0. The summed E-state index contributed by atoms with van der Waals surface area (Å²) >= 11 is 6.00. The van der Waals surface area contributed by atoms with E-state index in [4.69, 9.17) is 16.3 Å². The zero-order valence-electron chi connectivity index (χ0n) is 17.0. The van der Waals surface area contributed by atoms with Gasteiger partial charge in [0.2, 0.25) is 0 Å². The van der Waals surface area contributed by atoms with Gasteiger partial charge < -0.3 is 15.0 Å². The van der Waals surface area contributed by atoms with Gasteiger partial charge in [0, 0.05) is 43.8 Å². The van der Waals surface area contributed by atoms with Crippen molar-refractivity contribution in [3.05, 3.63) is 58.9 Å². The van der Waals surface area contributed by atoms with Crippen LogP contribution < -0.4 is 10.1 Å². The van der Waals surface area contributed by atoms with Crippen molar-refractivity contribution in [1.29, 1.82) is 0 Å². The summed E-state index contributed by atoms with van der Waals surface area (Å²) in [5.41, 5.74) is 1.81. The van der Waals surface area contributed by atoms with Gasteiger partial charge in [-0.2, -0.15) is 0 Å². The number of benzene rings is 2. The molecule has 0 saturated carbocycles. The molecule has 29 heavy (non-hydrogen) atoms. The van der Waals surface area contributed by atoms with Gasteiger partial charge in [-0.25, -0.2) is 4.39 Å². The molecule has 1 fully saturated rings. The van der Waals surface area contributed by atoms with E-state index in [0.29, 0.717) is 17.3 Å². The minimum atomic E-state index is -0.229. The Balaban J connectivity index is 1.58. The third-order valence-corrected chi connectivity index (χ3v) is 5.53. The van der Waals surface area contributed by atoms with Gasteiger partial charge >= 0.3 is 0 Å². The molecule has 1 saturated heterocycles. The molecular formula is C22H27ClFN3O2. The van der Waals surface area contributed by atoms with Gasteiger partial charge in [0.25, 0.3) is 5.91 Å². The number of nitrogens with one attached hydrogen (secondary N) is 1. The van der Waals surface area contributed by atoms with E-state index < -0.39 is 0 Å². The normalized spacial score (nSPS) is 19.8. The summed E-state index contributed by atoms with van der Waals surface area (Å²) in [6, 6.07) is 12.1. The molecule has 1 amide bonds. The molecule has 0 aliphatic carbocycles. The van der Waals surface area contributed by atoms with Crippen LogP contribution in [0.3, 0.4) is 0 Å². The number of hydrogen-bond donors (Lipinski definition) is 1. The highest BCUT2D eigenvalue weighted by Crippen LogP contribution is 2.28. The van der Waals surface area contributed by atoms with Crippen molar-refractivity contribution in [3.8, 4) is 5.75 Å². The van der Waals surface area contributed by atoms with Crippen LogP contribution in [0, 0.1) is 5.82 Å². The van der Waals surface area contributed by atoms with Gasteiger partial charge in [0.1, 0.15) is 11.6 Å². The van der Waals surface area contributed by atoms with Crippen LogP contribution in [0.2, 0.25) is 5.02 Å². The van der Waals surface area contributed by atoms with Crippen molar-refractivity contribution in [1.82, 2.24) is 9.80 Å². The van der Waals surface area contributed by atoms with Crippen molar-refractivity contribution in [2.24, 2.45) is 0 Å². The lowest BCUT2D eigenvalue weighted by Gasteiger charge is -2.44. The fourth-order valence-electron chi connectivity index (χ4n) is 3.64. The summed E-state index contributed by atoms with van der Waals surface area (Å²) < 4.78 is 18.9. The summed E-state index contributed by atoms with van der Waals surface area (Å²) in [6.07, 6.45) is 0. The number of rotatable bonds is 6. The molecule has 2 aromatic rings. The highest BCUT2D eigenvalue weighted by molar-refractivity contribution is 6.30. The lowest BCUT2D eigenvalue weighted by atomic mass is 10.1. The lowest BCUT2D eigenvalue weighted by Crippen LogP contribution is -2.58.